The fourth-order valence-electron chi connectivity index (χ4n) is 4.16. The van der Waals surface area contributed by atoms with Crippen molar-refractivity contribution in [1.29, 1.82) is 0 Å². The molecule has 2 aromatic rings. The van der Waals surface area contributed by atoms with Gasteiger partial charge in [-0.2, -0.15) is 9.97 Å². The zero-order valence-corrected chi connectivity index (χ0v) is 17.1. The Bertz CT molecular complexity index is 843. The van der Waals surface area contributed by atoms with Crippen LogP contribution >= 0.6 is 0 Å². The minimum absolute atomic E-state index is 0.275. The summed E-state index contributed by atoms with van der Waals surface area (Å²) in [5, 5.41) is 0. The summed E-state index contributed by atoms with van der Waals surface area (Å²) in [7, 11) is 3.17. The Kier molecular flexibility index (Phi) is 5.83. The third kappa shape index (κ3) is 4.44. The molecule has 0 spiro atoms. The fourth-order valence-corrected chi connectivity index (χ4v) is 4.16. The standard InChI is InChI=1S/C22H28N4O3/c1-28-19-14-20(29-2)24-22(23-19)25-10-7-16(8-11-25)13-21(27)26-12-9-17-5-3-4-6-18(17)15-26/h3-6,14,16H,7-13,15H2,1-2H3. The van der Waals surface area contributed by atoms with Crippen LogP contribution in [0, 0.1) is 5.92 Å². The van der Waals surface area contributed by atoms with Crippen LogP contribution in [0.2, 0.25) is 0 Å². The summed E-state index contributed by atoms with van der Waals surface area (Å²) in [5.41, 5.74) is 2.66. The predicted molar refractivity (Wildman–Crippen MR) is 110 cm³/mol. The number of rotatable bonds is 5. The van der Waals surface area contributed by atoms with Gasteiger partial charge in [-0.05, 0) is 36.3 Å². The van der Waals surface area contributed by atoms with E-state index in [0.717, 1.165) is 45.4 Å². The molecule has 2 aliphatic rings. The van der Waals surface area contributed by atoms with Gasteiger partial charge in [-0.1, -0.05) is 24.3 Å². The summed E-state index contributed by atoms with van der Waals surface area (Å²) in [6, 6.07) is 10.1. The van der Waals surface area contributed by atoms with Gasteiger partial charge in [-0.15, -0.1) is 0 Å². The smallest absolute Gasteiger partial charge is 0.231 e. The normalized spacial score (nSPS) is 17.0. The molecule has 0 unspecified atom stereocenters. The third-order valence-electron chi connectivity index (χ3n) is 5.93. The number of anilines is 1. The second kappa shape index (κ2) is 8.68. The second-order valence-corrected chi connectivity index (χ2v) is 7.72. The number of methoxy groups -OCH3 is 2. The van der Waals surface area contributed by atoms with Crippen LogP contribution in [0.25, 0.3) is 0 Å². The predicted octanol–water partition coefficient (Wildman–Crippen LogP) is 2.69. The Morgan fingerprint density at radius 3 is 2.34 bits per heavy atom. The van der Waals surface area contributed by atoms with Gasteiger partial charge in [0.15, 0.2) is 0 Å². The maximum absolute atomic E-state index is 12.8. The van der Waals surface area contributed by atoms with E-state index >= 15 is 0 Å². The summed E-state index contributed by atoms with van der Waals surface area (Å²) in [6.45, 7) is 3.23. The summed E-state index contributed by atoms with van der Waals surface area (Å²) >= 11 is 0. The fraction of sp³-hybridized carbons (Fsp3) is 0.500. The van der Waals surface area contributed by atoms with Crippen LogP contribution < -0.4 is 14.4 Å². The first-order valence-corrected chi connectivity index (χ1v) is 10.2. The van der Waals surface area contributed by atoms with Crippen molar-refractivity contribution in [2.45, 2.75) is 32.2 Å². The molecular formula is C22H28N4O3. The molecule has 1 fully saturated rings. The number of hydrogen-bond acceptors (Lipinski definition) is 6. The molecule has 29 heavy (non-hydrogen) atoms. The number of carbonyl (C=O) groups is 1. The van der Waals surface area contributed by atoms with Gasteiger partial charge in [0, 0.05) is 32.6 Å². The number of fused-ring (bicyclic) bond motifs is 1. The Morgan fingerprint density at radius 2 is 1.69 bits per heavy atom. The number of hydrogen-bond donors (Lipinski definition) is 0. The molecule has 7 nitrogen and oxygen atoms in total. The number of ether oxygens (including phenoxy) is 2. The molecule has 1 saturated heterocycles. The van der Waals surface area contributed by atoms with Crippen LogP contribution in [0.15, 0.2) is 30.3 Å². The maximum Gasteiger partial charge on any atom is 0.231 e. The molecule has 0 radical (unpaired) electrons. The zero-order chi connectivity index (χ0) is 20.2. The van der Waals surface area contributed by atoms with Crippen molar-refractivity contribution in [3.8, 4) is 11.8 Å². The first-order valence-electron chi connectivity index (χ1n) is 10.2. The molecule has 2 aliphatic heterocycles. The van der Waals surface area contributed by atoms with E-state index in [1.807, 2.05) is 4.90 Å². The van der Waals surface area contributed by atoms with E-state index in [4.69, 9.17) is 9.47 Å². The minimum Gasteiger partial charge on any atom is -0.481 e. The van der Waals surface area contributed by atoms with E-state index in [1.54, 1.807) is 20.3 Å². The van der Waals surface area contributed by atoms with E-state index in [1.165, 1.54) is 11.1 Å². The quantitative estimate of drug-likeness (QED) is 0.774. The summed E-state index contributed by atoms with van der Waals surface area (Å²) < 4.78 is 10.5. The molecule has 0 aliphatic carbocycles. The van der Waals surface area contributed by atoms with Gasteiger partial charge < -0.3 is 19.3 Å². The number of piperidine rings is 1. The summed E-state index contributed by atoms with van der Waals surface area (Å²) in [4.78, 5) is 25.9. The molecule has 1 amide bonds. The van der Waals surface area contributed by atoms with Crippen molar-refractivity contribution in [1.82, 2.24) is 14.9 Å². The van der Waals surface area contributed by atoms with E-state index in [2.05, 4.69) is 39.1 Å². The van der Waals surface area contributed by atoms with Gasteiger partial charge >= 0.3 is 0 Å². The Labute approximate surface area is 171 Å². The third-order valence-corrected chi connectivity index (χ3v) is 5.93. The van der Waals surface area contributed by atoms with Crippen LogP contribution in [0.3, 0.4) is 0 Å². The van der Waals surface area contributed by atoms with Crippen molar-refractivity contribution in [3.05, 3.63) is 41.5 Å². The lowest BCUT2D eigenvalue weighted by atomic mass is 9.92. The molecule has 154 valence electrons. The molecule has 3 heterocycles. The molecule has 0 saturated carbocycles. The van der Waals surface area contributed by atoms with Crippen LogP contribution in [0.5, 0.6) is 11.8 Å². The topological polar surface area (TPSA) is 67.8 Å². The molecule has 1 aromatic heterocycles. The molecule has 0 bridgehead atoms. The van der Waals surface area contributed by atoms with Crippen molar-refractivity contribution >= 4 is 11.9 Å². The van der Waals surface area contributed by atoms with E-state index in [9.17, 15) is 4.79 Å². The van der Waals surface area contributed by atoms with Gasteiger partial charge in [0.2, 0.25) is 23.6 Å². The van der Waals surface area contributed by atoms with Crippen molar-refractivity contribution in [3.63, 3.8) is 0 Å². The van der Waals surface area contributed by atoms with Gasteiger partial charge in [0.05, 0.1) is 20.3 Å². The van der Waals surface area contributed by atoms with E-state index < -0.39 is 0 Å². The monoisotopic (exact) mass is 396 g/mol. The lowest BCUT2D eigenvalue weighted by molar-refractivity contribution is -0.133. The Balaban J connectivity index is 1.32. The highest BCUT2D eigenvalue weighted by Crippen LogP contribution is 2.27. The number of aromatic nitrogens is 2. The first kappa shape index (κ1) is 19.5. The van der Waals surface area contributed by atoms with E-state index in [-0.39, 0.29) is 5.91 Å². The molecule has 7 heteroatoms. The number of benzene rings is 1. The lowest BCUT2D eigenvalue weighted by Crippen LogP contribution is -2.39. The minimum atomic E-state index is 0.275. The number of nitrogens with zero attached hydrogens (tertiary/aromatic N) is 4. The number of carbonyl (C=O) groups excluding carboxylic acids is 1. The van der Waals surface area contributed by atoms with Gasteiger partial charge in [0.1, 0.15) is 0 Å². The molecule has 4 rings (SSSR count). The van der Waals surface area contributed by atoms with Gasteiger partial charge in [0.25, 0.3) is 0 Å². The lowest BCUT2D eigenvalue weighted by Gasteiger charge is -2.34. The van der Waals surface area contributed by atoms with Crippen molar-refractivity contribution < 1.29 is 14.3 Å². The highest BCUT2D eigenvalue weighted by molar-refractivity contribution is 5.76. The second-order valence-electron chi connectivity index (χ2n) is 7.72. The highest BCUT2D eigenvalue weighted by atomic mass is 16.5. The average Bonchev–Trinajstić information content (AvgIpc) is 2.78. The highest BCUT2D eigenvalue weighted by Gasteiger charge is 2.27. The van der Waals surface area contributed by atoms with Gasteiger partial charge in [-0.25, -0.2) is 0 Å². The molecule has 0 atom stereocenters. The Hall–Kier alpha value is -2.83. The van der Waals surface area contributed by atoms with Crippen molar-refractivity contribution in [2.24, 2.45) is 5.92 Å². The Morgan fingerprint density at radius 1 is 1.03 bits per heavy atom. The molecule has 0 N–H and O–H groups in total. The number of amides is 1. The van der Waals surface area contributed by atoms with E-state index in [0.29, 0.717) is 30.0 Å². The zero-order valence-electron chi connectivity index (χ0n) is 17.1. The van der Waals surface area contributed by atoms with Gasteiger partial charge in [-0.3, -0.25) is 4.79 Å². The largest absolute Gasteiger partial charge is 0.481 e. The SMILES string of the molecule is COc1cc(OC)nc(N2CCC(CC(=O)N3CCc4ccccc4C3)CC2)n1. The summed E-state index contributed by atoms with van der Waals surface area (Å²) in [5.74, 6) is 2.29. The average molecular weight is 396 g/mol. The van der Waals surface area contributed by atoms with Crippen LogP contribution in [0.4, 0.5) is 5.95 Å². The molecule has 1 aromatic carbocycles. The van der Waals surface area contributed by atoms with Crippen LogP contribution in [0.1, 0.15) is 30.4 Å². The molecular weight excluding hydrogens is 368 g/mol. The first-order chi connectivity index (χ1) is 14.2. The maximum atomic E-state index is 12.8. The summed E-state index contributed by atoms with van der Waals surface area (Å²) in [6.07, 6.45) is 3.49. The van der Waals surface area contributed by atoms with Crippen LogP contribution in [-0.4, -0.2) is 54.6 Å². The van der Waals surface area contributed by atoms with Crippen molar-refractivity contribution in [2.75, 3.05) is 38.8 Å². The van der Waals surface area contributed by atoms with Crippen LogP contribution in [-0.2, 0) is 17.8 Å².